The zero-order valence-corrected chi connectivity index (χ0v) is 11.4. The molecule has 0 aliphatic rings. The Labute approximate surface area is 116 Å². The predicted octanol–water partition coefficient (Wildman–Crippen LogP) is 1.16. The van der Waals surface area contributed by atoms with Crippen molar-refractivity contribution in [2.75, 3.05) is 0 Å². The monoisotopic (exact) mass is 291 g/mol. The van der Waals surface area contributed by atoms with Crippen molar-refractivity contribution < 1.29 is 4.92 Å². The van der Waals surface area contributed by atoms with E-state index in [0.717, 1.165) is 17.3 Å². The van der Waals surface area contributed by atoms with Gasteiger partial charge in [-0.25, -0.2) is 15.0 Å². The average Bonchev–Trinajstić information content (AvgIpc) is 2.95. The lowest BCUT2D eigenvalue weighted by Crippen LogP contribution is -1.96. The highest BCUT2D eigenvalue weighted by Crippen LogP contribution is 2.31. The fraction of sp³-hybridized carbons (Fsp3) is 0.200. The molecule has 0 unspecified atom stereocenters. The summed E-state index contributed by atoms with van der Waals surface area (Å²) in [7, 11) is 3.53. The van der Waals surface area contributed by atoms with Crippen molar-refractivity contribution in [3.63, 3.8) is 0 Å². The van der Waals surface area contributed by atoms with E-state index in [2.05, 4.69) is 19.9 Å². The molecule has 10 heteroatoms. The van der Waals surface area contributed by atoms with Crippen LogP contribution in [0.5, 0.6) is 0 Å². The normalized spacial score (nSPS) is 11.1. The first kappa shape index (κ1) is 12.5. The highest BCUT2D eigenvalue weighted by atomic mass is 32.2. The maximum Gasteiger partial charge on any atom is 0.396 e. The number of aryl methyl sites for hydroxylation is 2. The summed E-state index contributed by atoms with van der Waals surface area (Å²) in [6.45, 7) is 0. The van der Waals surface area contributed by atoms with Gasteiger partial charge >= 0.3 is 5.82 Å². The third-order valence-corrected chi connectivity index (χ3v) is 3.73. The molecular formula is C10H9N7O2S. The summed E-state index contributed by atoms with van der Waals surface area (Å²) in [4.78, 5) is 26.7. The molecule has 0 atom stereocenters. The molecule has 3 aromatic rings. The number of imidazole rings is 2. The van der Waals surface area contributed by atoms with Gasteiger partial charge in [-0.15, -0.1) is 0 Å². The Balaban J connectivity index is 2.01. The van der Waals surface area contributed by atoms with Gasteiger partial charge in [0.05, 0.1) is 12.5 Å². The van der Waals surface area contributed by atoms with Crippen LogP contribution in [0.4, 0.5) is 5.82 Å². The molecule has 0 amide bonds. The lowest BCUT2D eigenvalue weighted by atomic mass is 10.5. The molecule has 0 saturated heterocycles. The number of rotatable bonds is 3. The summed E-state index contributed by atoms with van der Waals surface area (Å²) in [6.07, 6.45) is 4.67. The molecule has 0 bridgehead atoms. The van der Waals surface area contributed by atoms with Gasteiger partial charge in [-0.05, 0) is 21.7 Å². The topological polar surface area (TPSA) is 105 Å². The molecule has 3 rings (SSSR count). The van der Waals surface area contributed by atoms with Crippen LogP contribution in [0.1, 0.15) is 0 Å². The zero-order chi connectivity index (χ0) is 14.3. The van der Waals surface area contributed by atoms with E-state index >= 15 is 0 Å². The maximum absolute atomic E-state index is 10.9. The summed E-state index contributed by atoms with van der Waals surface area (Å²) >= 11 is 1.09. The fourth-order valence-electron chi connectivity index (χ4n) is 1.68. The quantitative estimate of drug-likeness (QED) is 0.405. The van der Waals surface area contributed by atoms with Crippen LogP contribution in [0.15, 0.2) is 29.0 Å². The van der Waals surface area contributed by atoms with Gasteiger partial charge in [0.2, 0.25) is 6.33 Å². The molecular weight excluding hydrogens is 282 g/mol. The second-order valence-electron chi connectivity index (χ2n) is 4.06. The van der Waals surface area contributed by atoms with E-state index < -0.39 is 4.92 Å². The van der Waals surface area contributed by atoms with Crippen LogP contribution in [0.2, 0.25) is 0 Å². The van der Waals surface area contributed by atoms with E-state index in [-0.39, 0.29) is 5.82 Å². The number of nitrogens with zero attached hydrogens (tertiary/aromatic N) is 7. The summed E-state index contributed by atoms with van der Waals surface area (Å²) in [5.74, 6) is -0.206. The minimum Gasteiger partial charge on any atom is -0.358 e. The van der Waals surface area contributed by atoms with Gasteiger partial charge in [0.1, 0.15) is 5.52 Å². The van der Waals surface area contributed by atoms with Gasteiger partial charge in [0, 0.05) is 14.1 Å². The molecule has 102 valence electrons. The SMILES string of the molecule is Cn1cnc([N+](=O)[O-])c1Sc1ncc2c(ncn2C)n1. The van der Waals surface area contributed by atoms with E-state index in [1.807, 2.05) is 7.05 Å². The van der Waals surface area contributed by atoms with Crippen molar-refractivity contribution in [1.82, 2.24) is 29.1 Å². The number of aromatic nitrogens is 6. The summed E-state index contributed by atoms with van der Waals surface area (Å²) < 4.78 is 3.37. The Hall–Kier alpha value is -2.49. The number of fused-ring (bicyclic) bond motifs is 1. The second kappa shape index (κ2) is 4.56. The van der Waals surface area contributed by atoms with Gasteiger partial charge < -0.3 is 19.2 Å². The van der Waals surface area contributed by atoms with Gasteiger partial charge in [0.25, 0.3) is 0 Å². The van der Waals surface area contributed by atoms with Crippen molar-refractivity contribution in [3.05, 3.63) is 29.0 Å². The molecule has 20 heavy (non-hydrogen) atoms. The third-order valence-electron chi connectivity index (χ3n) is 2.69. The van der Waals surface area contributed by atoms with Gasteiger partial charge in [0.15, 0.2) is 15.8 Å². The van der Waals surface area contributed by atoms with Crippen molar-refractivity contribution in [1.29, 1.82) is 0 Å². The minimum absolute atomic E-state index is 0.206. The van der Waals surface area contributed by atoms with Crippen molar-refractivity contribution in [3.8, 4) is 0 Å². The van der Waals surface area contributed by atoms with Crippen molar-refractivity contribution >= 4 is 28.7 Å². The molecule has 0 aliphatic carbocycles. The van der Waals surface area contributed by atoms with Crippen LogP contribution in [0.3, 0.4) is 0 Å². The second-order valence-corrected chi connectivity index (χ2v) is 5.02. The standard InChI is InChI=1S/C10H9N7O2S/c1-15-4-12-7-6(15)3-11-10(14-7)20-9-8(17(18)19)13-5-16(9)2/h3-5H,1-2H3. The van der Waals surface area contributed by atoms with Crippen molar-refractivity contribution in [2.45, 2.75) is 10.2 Å². The van der Waals surface area contributed by atoms with Crippen LogP contribution in [0, 0.1) is 10.1 Å². The Kier molecular flexibility index (Phi) is 2.86. The van der Waals surface area contributed by atoms with Crippen LogP contribution in [-0.2, 0) is 14.1 Å². The molecule has 9 nitrogen and oxygen atoms in total. The predicted molar refractivity (Wildman–Crippen MR) is 70.3 cm³/mol. The summed E-state index contributed by atoms with van der Waals surface area (Å²) in [5, 5.41) is 11.7. The first-order chi connectivity index (χ1) is 9.56. The highest BCUT2D eigenvalue weighted by Gasteiger charge is 2.22. The Morgan fingerprint density at radius 1 is 1.20 bits per heavy atom. The van der Waals surface area contributed by atoms with E-state index in [0.29, 0.717) is 15.8 Å². The Morgan fingerprint density at radius 3 is 2.70 bits per heavy atom. The van der Waals surface area contributed by atoms with E-state index in [1.54, 1.807) is 28.7 Å². The van der Waals surface area contributed by atoms with Crippen molar-refractivity contribution in [2.24, 2.45) is 14.1 Å². The van der Waals surface area contributed by atoms with E-state index in [1.165, 1.54) is 6.33 Å². The summed E-state index contributed by atoms with van der Waals surface area (Å²) in [5.41, 5.74) is 1.35. The Morgan fingerprint density at radius 2 is 1.95 bits per heavy atom. The average molecular weight is 291 g/mol. The highest BCUT2D eigenvalue weighted by molar-refractivity contribution is 7.99. The largest absolute Gasteiger partial charge is 0.396 e. The molecule has 0 N–H and O–H groups in total. The lowest BCUT2D eigenvalue weighted by Gasteiger charge is -2.00. The molecule has 0 spiro atoms. The van der Waals surface area contributed by atoms with E-state index in [4.69, 9.17) is 0 Å². The van der Waals surface area contributed by atoms with Crippen LogP contribution in [0.25, 0.3) is 11.2 Å². The molecule has 0 fully saturated rings. The van der Waals surface area contributed by atoms with E-state index in [9.17, 15) is 10.1 Å². The molecule has 0 aromatic carbocycles. The molecule has 3 aromatic heterocycles. The van der Waals surface area contributed by atoms with Gasteiger partial charge in [-0.2, -0.15) is 0 Å². The maximum atomic E-state index is 10.9. The molecule has 0 radical (unpaired) electrons. The van der Waals surface area contributed by atoms with Crippen LogP contribution in [-0.4, -0.2) is 34.0 Å². The first-order valence-corrected chi connectivity index (χ1v) is 6.35. The van der Waals surface area contributed by atoms with Gasteiger partial charge in [-0.1, -0.05) is 0 Å². The first-order valence-electron chi connectivity index (χ1n) is 5.54. The number of hydrogen-bond acceptors (Lipinski definition) is 7. The summed E-state index contributed by atoms with van der Waals surface area (Å²) in [6, 6.07) is 0. The smallest absolute Gasteiger partial charge is 0.358 e. The molecule has 0 saturated carbocycles. The van der Waals surface area contributed by atoms with Crippen LogP contribution >= 0.6 is 11.8 Å². The fourth-order valence-corrected chi connectivity index (χ4v) is 2.50. The zero-order valence-electron chi connectivity index (χ0n) is 10.6. The molecule has 3 heterocycles. The number of nitro groups is 1. The number of hydrogen-bond donors (Lipinski definition) is 0. The van der Waals surface area contributed by atoms with Crippen LogP contribution < -0.4 is 0 Å². The molecule has 0 aliphatic heterocycles. The van der Waals surface area contributed by atoms with Gasteiger partial charge in [-0.3, -0.25) is 0 Å². The lowest BCUT2D eigenvalue weighted by molar-refractivity contribution is -0.392. The Bertz CT molecular complexity index is 809. The minimum atomic E-state index is -0.526. The third kappa shape index (κ3) is 1.99.